The predicted molar refractivity (Wildman–Crippen MR) is 186 cm³/mol. The number of aromatic nitrogens is 2. The van der Waals surface area contributed by atoms with Crippen LogP contribution in [0.15, 0.2) is 12.1 Å². The van der Waals surface area contributed by atoms with E-state index in [-0.39, 0.29) is 84.5 Å². The number of nitrogen functional groups attached to an aromatic ring is 1. The SMILES string of the molecule is CN(CCN1CCOc2c(Cl)c(-c3ccc(F)c4sc(N)c(C#N)c34)c(F)c3nc(OC[C@@]45CCCN4C[C@H](F)C5)nc1c23)C(=O)C1CCC1. The minimum atomic E-state index is -0.963. The van der Waals surface area contributed by atoms with Crippen molar-refractivity contribution < 1.29 is 27.4 Å². The summed E-state index contributed by atoms with van der Waals surface area (Å²) >= 11 is 7.91. The number of halogens is 4. The van der Waals surface area contributed by atoms with Crippen LogP contribution >= 0.6 is 22.9 Å². The molecule has 2 aromatic heterocycles. The molecule has 4 aromatic rings. The van der Waals surface area contributed by atoms with Gasteiger partial charge in [-0.15, -0.1) is 11.3 Å². The average Bonchev–Trinajstić information content (AvgIpc) is 3.67. The van der Waals surface area contributed by atoms with E-state index in [9.17, 15) is 18.8 Å². The van der Waals surface area contributed by atoms with Crippen LogP contribution in [0.4, 0.5) is 24.0 Å². The largest absolute Gasteiger partial charge is 0.489 e. The van der Waals surface area contributed by atoms with Gasteiger partial charge in [0.25, 0.3) is 0 Å². The van der Waals surface area contributed by atoms with Crippen molar-refractivity contribution >= 4 is 60.7 Å². The molecule has 2 saturated heterocycles. The summed E-state index contributed by atoms with van der Waals surface area (Å²) in [7, 11) is 1.78. The summed E-state index contributed by atoms with van der Waals surface area (Å²) in [6.07, 6.45) is 3.87. The number of rotatable bonds is 8. The van der Waals surface area contributed by atoms with Crippen molar-refractivity contribution in [1.29, 1.82) is 5.26 Å². The molecule has 3 aliphatic heterocycles. The Bertz CT molecular complexity index is 2090. The van der Waals surface area contributed by atoms with E-state index in [1.807, 2.05) is 11.0 Å². The van der Waals surface area contributed by atoms with Gasteiger partial charge in [-0.1, -0.05) is 24.1 Å². The number of fused-ring (bicyclic) bond motifs is 2. The molecule has 3 fully saturated rings. The number of hydrogen-bond acceptors (Lipinski definition) is 10. The van der Waals surface area contributed by atoms with Gasteiger partial charge in [0.1, 0.15) is 47.6 Å². The molecule has 0 spiro atoms. The Balaban J connectivity index is 1.27. The van der Waals surface area contributed by atoms with Crippen LogP contribution in [0.3, 0.4) is 0 Å². The van der Waals surface area contributed by atoms with Crippen LogP contribution in [-0.2, 0) is 4.79 Å². The maximum Gasteiger partial charge on any atom is 0.319 e. The second-order valence-electron chi connectivity index (χ2n) is 13.7. The zero-order valence-corrected chi connectivity index (χ0v) is 29.0. The van der Waals surface area contributed by atoms with Crippen LogP contribution in [0, 0.1) is 28.9 Å². The molecule has 2 N–H and O–H groups in total. The van der Waals surface area contributed by atoms with Crippen molar-refractivity contribution in [3.05, 3.63) is 34.4 Å². The number of nitrogens with zero attached hydrogens (tertiary/aromatic N) is 6. The first-order valence-corrected chi connectivity index (χ1v) is 18.1. The molecule has 10 nitrogen and oxygen atoms in total. The number of alkyl halides is 1. The van der Waals surface area contributed by atoms with Gasteiger partial charge in [0.2, 0.25) is 5.91 Å². The minimum absolute atomic E-state index is 0.0177. The van der Waals surface area contributed by atoms with Crippen LogP contribution in [0.2, 0.25) is 5.02 Å². The van der Waals surface area contributed by atoms with Gasteiger partial charge >= 0.3 is 6.01 Å². The van der Waals surface area contributed by atoms with E-state index in [0.29, 0.717) is 38.4 Å². The number of benzene rings is 2. The van der Waals surface area contributed by atoms with E-state index >= 15 is 4.39 Å². The van der Waals surface area contributed by atoms with Crippen molar-refractivity contribution in [1.82, 2.24) is 19.8 Å². The third-order valence-electron chi connectivity index (χ3n) is 10.8. The number of nitrogens with two attached hydrogens (primary N) is 1. The van der Waals surface area contributed by atoms with Crippen molar-refractivity contribution in [2.24, 2.45) is 5.92 Å². The molecule has 2 aromatic carbocycles. The lowest BCUT2D eigenvalue weighted by molar-refractivity contribution is -0.136. The normalized spacial score (nSPS) is 21.9. The highest BCUT2D eigenvalue weighted by atomic mass is 35.5. The fourth-order valence-electron chi connectivity index (χ4n) is 7.99. The van der Waals surface area contributed by atoms with Crippen molar-refractivity contribution in [2.45, 2.75) is 50.2 Å². The first kappa shape index (κ1) is 33.1. The molecular weight excluding hydrogens is 691 g/mol. The first-order chi connectivity index (χ1) is 24.1. The standard InChI is InChI=1S/C35H35ClF3N7O3S/c1-44(33(47)18-4-2-5-18)10-11-45-12-13-48-29-25-28(42-34(43-32(25)45)49-17-35-8-3-9-46(35)16-19(37)14-35)27(39)24(26(29)36)20-6-7-22(38)30-23(20)21(15-40)31(41)50-30/h6-7,18-19H,2-5,8-14,16-17,41H2,1H3/t19-,35+/m1/s1. The molecule has 262 valence electrons. The van der Waals surface area contributed by atoms with Gasteiger partial charge in [-0.05, 0) is 43.9 Å². The zero-order chi connectivity index (χ0) is 34.9. The lowest BCUT2D eigenvalue weighted by Gasteiger charge is -2.32. The number of amides is 1. The molecule has 0 bridgehead atoms. The van der Waals surface area contributed by atoms with Crippen LogP contribution in [0.1, 0.15) is 44.1 Å². The van der Waals surface area contributed by atoms with Gasteiger partial charge in [0, 0.05) is 50.0 Å². The molecular formula is C35H35ClF3N7O3S. The molecule has 2 atom stereocenters. The molecule has 8 rings (SSSR count). The highest BCUT2D eigenvalue weighted by Gasteiger charge is 2.49. The lowest BCUT2D eigenvalue weighted by atomic mass is 9.84. The Morgan fingerprint density at radius 3 is 2.84 bits per heavy atom. The van der Waals surface area contributed by atoms with Crippen molar-refractivity contribution in [3.63, 3.8) is 0 Å². The van der Waals surface area contributed by atoms with Gasteiger partial charge in [-0.25, -0.2) is 13.2 Å². The lowest BCUT2D eigenvalue weighted by Crippen LogP contribution is -2.43. The highest BCUT2D eigenvalue weighted by Crippen LogP contribution is 2.51. The van der Waals surface area contributed by atoms with Crippen LogP contribution < -0.4 is 20.1 Å². The van der Waals surface area contributed by atoms with Gasteiger partial charge in [-0.2, -0.15) is 15.2 Å². The van der Waals surface area contributed by atoms with Crippen molar-refractivity contribution in [2.75, 3.05) is 63.6 Å². The number of carbonyl (C=O) groups is 1. The topological polar surface area (TPSA) is 121 Å². The second kappa shape index (κ2) is 12.6. The zero-order valence-electron chi connectivity index (χ0n) is 27.4. The third-order valence-corrected chi connectivity index (χ3v) is 12.2. The number of thiophene rings is 1. The van der Waals surface area contributed by atoms with Gasteiger partial charge in [-0.3, -0.25) is 9.69 Å². The van der Waals surface area contributed by atoms with Gasteiger partial charge in [0.05, 0.1) is 32.8 Å². The van der Waals surface area contributed by atoms with Crippen molar-refractivity contribution in [3.8, 4) is 29.0 Å². The first-order valence-electron chi connectivity index (χ1n) is 16.9. The number of ether oxygens (including phenoxy) is 2. The van der Waals surface area contributed by atoms with Gasteiger partial charge in [0.15, 0.2) is 11.6 Å². The van der Waals surface area contributed by atoms with E-state index < -0.39 is 23.3 Å². The number of carbonyl (C=O) groups excluding carboxylic acids is 1. The Morgan fingerprint density at radius 2 is 2.08 bits per heavy atom. The van der Waals surface area contributed by atoms with E-state index in [2.05, 4.69) is 9.88 Å². The van der Waals surface area contributed by atoms with Gasteiger partial charge < -0.3 is 25.0 Å². The molecule has 0 radical (unpaired) electrons. The average molecular weight is 726 g/mol. The Kier molecular flexibility index (Phi) is 8.35. The summed E-state index contributed by atoms with van der Waals surface area (Å²) < 4.78 is 59.3. The Hall–Kier alpha value is -4.06. The molecule has 1 aliphatic carbocycles. The fraction of sp³-hybridized carbons (Fsp3) is 0.486. The molecule has 1 saturated carbocycles. The Morgan fingerprint density at radius 1 is 1.26 bits per heavy atom. The van der Waals surface area contributed by atoms with E-state index in [1.54, 1.807) is 11.9 Å². The summed E-state index contributed by atoms with van der Waals surface area (Å²) in [6, 6.07) is 4.48. The van der Waals surface area contributed by atoms with Crippen LogP contribution in [-0.4, -0.2) is 90.4 Å². The summed E-state index contributed by atoms with van der Waals surface area (Å²) in [4.78, 5) is 28.0. The smallest absolute Gasteiger partial charge is 0.319 e. The molecule has 4 aliphatic rings. The highest BCUT2D eigenvalue weighted by molar-refractivity contribution is 7.23. The van der Waals surface area contributed by atoms with E-state index in [0.717, 1.165) is 50.0 Å². The number of anilines is 2. The van der Waals surface area contributed by atoms with Crippen LogP contribution in [0.5, 0.6) is 11.8 Å². The summed E-state index contributed by atoms with van der Waals surface area (Å²) in [5.41, 5.74) is 5.51. The van der Waals surface area contributed by atoms with Crippen LogP contribution in [0.25, 0.3) is 32.1 Å². The second-order valence-corrected chi connectivity index (χ2v) is 15.2. The number of hydrogen-bond donors (Lipinski definition) is 1. The molecule has 15 heteroatoms. The Labute approximate surface area is 295 Å². The third kappa shape index (κ3) is 5.27. The number of nitriles is 1. The van der Waals surface area contributed by atoms with E-state index in [4.69, 9.17) is 31.8 Å². The summed E-state index contributed by atoms with van der Waals surface area (Å²) in [6.45, 7) is 2.48. The minimum Gasteiger partial charge on any atom is -0.489 e. The fourth-order valence-corrected chi connectivity index (χ4v) is 9.27. The maximum absolute atomic E-state index is 17.2. The maximum atomic E-state index is 17.2. The molecule has 1 amide bonds. The molecule has 5 heterocycles. The predicted octanol–water partition coefficient (Wildman–Crippen LogP) is 6.31. The monoisotopic (exact) mass is 725 g/mol. The van der Waals surface area contributed by atoms with E-state index in [1.165, 1.54) is 12.1 Å². The molecule has 50 heavy (non-hydrogen) atoms. The summed E-state index contributed by atoms with van der Waals surface area (Å²) in [5, 5.41) is 10.3. The summed E-state index contributed by atoms with van der Waals surface area (Å²) in [5.74, 6) is -0.844. The quantitative estimate of drug-likeness (QED) is 0.223. The molecule has 0 unspecified atom stereocenters. The number of likely N-dealkylation sites (N-methyl/N-ethyl adjacent to an activating group) is 1.